The van der Waals surface area contributed by atoms with Crippen LogP contribution in [0.15, 0.2) is 60.9 Å². The molecule has 1 atom stereocenters. The van der Waals surface area contributed by atoms with Crippen LogP contribution in [0.3, 0.4) is 0 Å². The number of rotatable bonds is 9. The molecule has 2 aromatic carbocycles. The zero-order chi connectivity index (χ0) is 31.2. The van der Waals surface area contributed by atoms with E-state index >= 15 is 0 Å². The molecule has 2 fully saturated rings. The minimum absolute atomic E-state index is 0.228. The minimum Gasteiger partial charge on any atom is -0.378 e. The van der Waals surface area contributed by atoms with Gasteiger partial charge in [-0.05, 0) is 85.2 Å². The maximum Gasteiger partial charge on any atom is 0.251 e. The Kier molecular flexibility index (Phi) is 9.48. The van der Waals surface area contributed by atoms with E-state index < -0.39 is 11.9 Å². The number of benzene rings is 2. The topological polar surface area (TPSA) is 182 Å². The van der Waals surface area contributed by atoms with Crippen molar-refractivity contribution in [2.75, 3.05) is 42.6 Å². The molecule has 1 saturated heterocycles. The number of anilines is 2. The average Bonchev–Trinajstić information content (AvgIpc) is 3.65. The van der Waals surface area contributed by atoms with Gasteiger partial charge in [-0.15, -0.1) is 10.2 Å². The first-order valence-electron chi connectivity index (χ1n) is 15.4. The highest BCUT2D eigenvalue weighted by molar-refractivity contribution is 6.17. The monoisotopic (exact) mass is 610 g/mol. The van der Waals surface area contributed by atoms with Crippen LogP contribution in [0.25, 0.3) is 22.5 Å². The molecule has 45 heavy (non-hydrogen) atoms. The Balaban J connectivity index is 1.16. The molecule has 1 saturated carbocycles. The van der Waals surface area contributed by atoms with E-state index in [0.717, 1.165) is 42.6 Å². The normalized spacial score (nSPS) is 19.2. The summed E-state index contributed by atoms with van der Waals surface area (Å²) in [6.45, 7) is 3.50. The van der Waals surface area contributed by atoms with Gasteiger partial charge in [-0.3, -0.25) is 9.59 Å². The molecule has 0 bridgehead atoms. The minimum atomic E-state index is -0.923. The molecule has 2 amide bonds. The van der Waals surface area contributed by atoms with Crippen LogP contribution in [0.1, 0.15) is 31.2 Å². The van der Waals surface area contributed by atoms with E-state index in [1.807, 2.05) is 36.7 Å². The van der Waals surface area contributed by atoms with Gasteiger partial charge in [-0.25, -0.2) is 14.9 Å². The van der Waals surface area contributed by atoms with E-state index in [2.05, 4.69) is 35.5 Å². The summed E-state index contributed by atoms with van der Waals surface area (Å²) in [6, 6.07) is 13.9. The van der Waals surface area contributed by atoms with Gasteiger partial charge in [0.05, 0.1) is 24.9 Å². The van der Waals surface area contributed by atoms with Crippen molar-refractivity contribution in [3.05, 3.63) is 66.5 Å². The van der Waals surface area contributed by atoms with Gasteiger partial charge in [0.2, 0.25) is 17.7 Å². The second-order valence-corrected chi connectivity index (χ2v) is 11.6. The van der Waals surface area contributed by atoms with Gasteiger partial charge in [0, 0.05) is 42.5 Å². The van der Waals surface area contributed by atoms with Gasteiger partial charge in [0.1, 0.15) is 0 Å². The summed E-state index contributed by atoms with van der Waals surface area (Å²) in [6.07, 6.45) is 7.03. The lowest BCUT2D eigenvalue weighted by Crippen LogP contribution is -2.50. The van der Waals surface area contributed by atoms with Crippen molar-refractivity contribution in [2.24, 2.45) is 23.3 Å². The number of nitrogens with two attached hydrogens (primary N) is 2. The summed E-state index contributed by atoms with van der Waals surface area (Å²) < 4.78 is 5.41. The number of aromatic nitrogens is 6. The molecule has 4 aromatic rings. The first-order chi connectivity index (χ1) is 22.0. The molecule has 13 nitrogen and oxygen atoms in total. The van der Waals surface area contributed by atoms with E-state index in [1.54, 1.807) is 24.3 Å². The molecule has 0 spiro atoms. The van der Waals surface area contributed by atoms with Crippen molar-refractivity contribution >= 4 is 23.5 Å². The van der Waals surface area contributed by atoms with E-state index in [9.17, 15) is 9.59 Å². The number of hydrogen-bond acceptors (Lipinski definition) is 11. The number of hydrogen-bond donors (Lipinski definition) is 3. The second kappa shape index (κ2) is 14.0. The van der Waals surface area contributed by atoms with Crippen molar-refractivity contribution in [2.45, 2.75) is 38.1 Å². The van der Waals surface area contributed by atoms with Crippen molar-refractivity contribution in [3.63, 3.8) is 0 Å². The number of aromatic amines is 1. The summed E-state index contributed by atoms with van der Waals surface area (Å²) in [4.78, 5) is 40.3. The van der Waals surface area contributed by atoms with Crippen LogP contribution in [0.5, 0.6) is 0 Å². The number of nitrogens with zero attached hydrogens (tertiary/aromatic N) is 7. The Morgan fingerprint density at radius 1 is 0.933 bits per heavy atom. The Morgan fingerprint density at radius 2 is 1.60 bits per heavy atom. The number of carbonyl (C=O) groups excluding carboxylic acids is 2. The summed E-state index contributed by atoms with van der Waals surface area (Å²) >= 11 is 0. The predicted octanol–water partition coefficient (Wildman–Crippen LogP) is 2.36. The fourth-order valence-electron chi connectivity index (χ4n) is 5.97. The molecular weight excluding hydrogens is 572 g/mol. The molecule has 5 N–H and O–H groups in total. The molecule has 6 rings (SSSR count). The smallest absolute Gasteiger partial charge is 0.251 e. The number of H-pyrrole nitrogens is 1. The van der Waals surface area contributed by atoms with Gasteiger partial charge in [0.25, 0.3) is 5.91 Å². The van der Waals surface area contributed by atoms with Crippen molar-refractivity contribution in [1.29, 1.82) is 0 Å². The lowest BCUT2D eigenvalue weighted by atomic mass is 9.81. The van der Waals surface area contributed by atoms with E-state index in [-0.39, 0.29) is 18.2 Å². The highest BCUT2D eigenvalue weighted by Crippen LogP contribution is 2.32. The van der Waals surface area contributed by atoms with Crippen LogP contribution < -0.4 is 21.3 Å². The molecule has 13 heteroatoms. The van der Waals surface area contributed by atoms with Crippen LogP contribution in [-0.4, -0.2) is 81.3 Å². The lowest BCUT2D eigenvalue weighted by Gasteiger charge is -2.32. The molecule has 1 aliphatic heterocycles. The number of amides is 2. The fourth-order valence-corrected chi connectivity index (χ4v) is 5.97. The zero-order valence-electron chi connectivity index (χ0n) is 25.1. The SMILES string of the molecule is NCC1CCC(C(=O)N(C(=O)[C@@H](N)Cc2ccc(-c3cnc(N4CCOCC4)nc3)cc2)c2ccc(-c3nn[nH]n3)cc2)CC1. The van der Waals surface area contributed by atoms with E-state index in [4.69, 9.17) is 16.2 Å². The zero-order valence-corrected chi connectivity index (χ0v) is 25.1. The Morgan fingerprint density at radius 3 is 2.22 bits per heavy atom. The van der Waals surface area contributed by atoms with Crippen LogP contribution in [0, 0.1) is 11.8 Å². The van der Waals surface area contributed by atoms with E-state index in [1.165, 1.54) is 4.90 Å². The molecule has 234 valence electrons. The quantitative estimate of drug-likeness (QED) is 0.253. The Bertz CT molecular complexity index is 1550. The third-order valence-electron chi connectivity index (χ3n) is 8.69. The maximum atomic E-state index is 13.9. The summed E-state index contributed by atoms with van der Waals surface area (Å²) in [7, 11) is 0. The number of morpholine rings is 1. The van der Waals surface area contributed by atoms with Crippen LogP contribution in [0.2, 0.25) is 0 Å². The third kappa shape index (κ3) is 7.06. The first-order valence-corrected chi connectivity index (χ1v) is 15.4. The number of ether oxygens (including phenoxy) is 1. The van der Waals surface area contributed by atoms with Crippen molar-refractivity contribution < 1.29 is 14.3 Å². The first kappa shape index (κ1) is 30.4. The number of carbonyl (C=O) groups is 2. The Hall–Kier alpha value is -4.59. The predicted molar refractivity (Wildman–Crippen MR) is 169 cm³/mol. The van der Waals surface area contributed by atoms with Crippen molar-refractivity contribution in [3.8, 4) is 22.5 Å². The number of nitrogens with one attached hydrogen (secondary N) is 1. The number of tetrazole rings is 1. The van der Waals surface area contributed by atoms with E-state index in [0.29, 0.717) is 61.5 Å². The third-order valence-corrected chi connectivity index (χ3v) is 8.69. The van der Waals surface area contributed by atoms with Crippen LogP contribution in [-0.2, 0) is 20.7 Å². The lowest BCUT2D eigenvalue weighted by molar-refractivity contribution is -0.130. The second-order valence-electron chi connectivity index (χ2n) is 11.6. The average molecular weight is 611 g/mol. The Labute approximate surface area is 261 Å². The molecule has 3 heterocycles. The van der Waals surface area contributed by atoms with Gasteiger partial charge in [0.15, 0.2) is 0 Å². The summed E-state index contributed by atoms with van der Waals surface area (Å²) in [5.41, 5.74) is 16.3. The summed E-state index contributed by atoms with van der Waals surface area (Å²) in [5.74, 6) is 0.590. The standard InChI is InChI=1S/C32H38N10O3/c33-18-22-3-7-25(8-4-22)30(43)42(27-11-9-24(10-12-27)29-37-39-40-38-29)31(44)28(34)17-21-1-5-23(6-2-21)26-19-35-32(36-20-26)41-13-15-45-16-14-41/h1-2,5-6,9-12,19-20,22,25,28H,3-4,7-8,13-18,33-34H2,(H,37,38,39,40)/t22?,25?,28-/m0/s1. The molecule has 2 aromatic heterocycles. The molecule has 0 unspecified atom stereocenters. The van der Waals surface area contributed by atoms with Gasteiger partial charge < -0.3 is 21.1 Å². The van der Waals surface area contributed by atoms with Gasteiger partial charge in [-0.1, -0.05) is 24.3 Å². The molecule has 1 aliphatic carbocycles. The fraction of sp³-hybridized carbons (Fsp3) is 0.406. The molecule has 2 aliphatic rings. The molecule has 0 radical (unpaired) electrons. The highest BCUT2D eigenvalue weighted by Gasteiger charge is 2.35. The maximum absolute atomic E-state index is 13.9. The molecular formula is C32H38N10O3. The largest absolute Gasteiger partial charge is 0.378 e. The van der Waals surface area contributed by atoms with Gasteiger partial charge in [-0.2, -0.15) is 5.21 Å². The highest BCUT2D eigenvalue weighted by atomic mass is 16.5. The van der Waals surface area contributed by atoms with Gasteiger partial charge >= 0.3 is 0 Å². The van der Waals surface area contributed by atoms with Crippen molar-refractivity contribution in [1.82, 2.24) is 30.6 Å². The van der Waals surface area contributed by atoms with Crippen LogP contribution >= 0.6 is 0 Å². The number of imide groups is 1. The summed E-state index contributed by atoms with van der Waals surface area (Å²) in [5, 5.41) is 14.0. The van der Waals surface area contributed by atoms with Crippen LogP contribution in [0.4, 0.5) is 11.6 Å².